The van der Waals surface area contributed by atoms with Gasteiger partial charge in [-0.25, -0.2) is 4.98 Å². The highest BCUT2D eigenvalue weighted by atomic mass is 35.5. The highest BCUT2D eigenvalue weighted by molar-refractivity contribution is 6.30. The molecule has 2 heterocycles. The lowest BCUT2D eigenvalue weighted by molar-refractivity contribution is -0.137. The molecule has 156 valence electrons. The molecule has 0 bridgehead atoms. The largest absolute Gasteiger partial charge is 0.417 e. The van der Waals surface area contributed by atoms with E-state index in [4.69, 9.17) is 11.6 Å². The van der Waals surface area contributed by atoms with E-state index in [1.807, 2.05) is 34.1 Å². The van der Waals surface area contributed by atoms with E-state index in [0.717, 1.165) is 24.2 Å². The van der Waals surface area contributed by atoms with Crippen molar-refractivity contribution in [2.24, 2.45) is 0 Å². The molecular formula is C20H22ClF3N4O. The zero-order valence-corrected chi connectivity index (χ0v) is 16.5. The van der Waals surface area contributed by atoms with Gasteiger partial charge in [-0.3, -0.25) is 9.69 Å². The molecule has 1 amide bonds. The second-order valence-corrected chi connectivity index (χ2v) is 7.33. The third-order valence-electron chi connectivity index (χ3n) is 4.79. The molecule has 0 unspecified atom stereocenters. The summed E-state index contributed by atoms with van der Waals surface area (Å²) >= 11 is 5.85. The molecule has 0 radical (unpaired) electrons. The zero-order valence-electron chi connectivity index (χ0n) is 15.8. The zero-order chi connectivity index (χ0) is 20.9. The summed E-state index contributed by atoms with van der Waals surface area (Å²) in [5.74, 6) is 0.477. The van der Waals surface area contributed by atoms with Crippen molar-refractivity contribution in [1.82, 2.24) is 15.2 Å². The van der Waals surface area contributed by atoms with Gasteiger partial charge in [0.1, 0.15) is 5.82 Å². The fourth-order valence-electron chi connectivity index (χ4n) is 3.13. The van der Waals surface area contributed by atoms with Crippen LogP contribution in [0.4, 0.5) is 19.0 Å². The maximum atomic E-state index is 12.6. The molecule has 1 aliphatic heterocycles. The van der Waals surface area contributed by atoms with Crippen LogP contribution in [0.3, 0.4) is 0 Å². The molecule has 0 saturated carbocycles. The van der Waals surface area contributed by atoms with Gasteiger partial charge in [0, 0.05) is 43.9 Å². The predicted molar refractivity (Wildman–Crippen MR) is 106 cm³/mol. The Balaban J connectivity index is 1.39. The number of rotatable bonds is 6. The summed E-state index contributed by atoms with van der Waals surface area (Å²) in [4.78, 5) is 20.0. The van der Waals surface area contributed by atoms with E-state index in [2.05, 4.69) is 10.3 Å². The van der Waals surface area contributed by atoms with Crippen molar-refractivity contribution in [3.8, 4) is 0 Å². The maximum Gasteiger partial charge on any atom is 0.417 e. The van der Waals surface area contributed by atoms with Gasteiger partial charge < -0.3 is 10.2 Å². The summed E-state index contributed by atoms with van der Waals surface area (Å²) in [6.07, 6.45) is -2.79. The molecule has 0 aliphatic carbocycles. The first-order chi connectivity index (χ1) is 13.8. The summed E-state index contributed by atoms with van der Waals surface area (Å²) in [7, 11) is 0. The number of nitrogens with zero attached hydrogens (tertiary/aromatic N) is 3. The summed E-state index contributed by atoms with van der Waals surface area (Å²) in [5, 5.41) is 3.59. The highest BCUT2D eigenvalue weighted by Gasteiger charge is 2.31. The van der Waals surface area contributed by atoms with Crippen LogP contribution in [0, 0.1) is 0 Å². The Morgan fingerprint density at radius 1 is 1.07 bits per heavy atom. The number of hydrogen-bond acceptors (Lipinski definition) is 4. The molecule has 1 N–H and O–H groups in total. The van der Waals surface area contributed by atoms with Crippen molar-refractivity contribution in [3.05, 3.63) is 58.7 Å². The van der Waals surface area contributed by atoms with Crippen molar-refractivity contribution in [2.45, 2.75) is 12.6 Å². The Bertz CT molecular complexity index is 804. The minimum atomic E-state index is -4.38. The molecule has 1 fully saturated rings. The Morgan fingerprint density at radius 3 is 2.34 bits per heavy atom. The smallest absolute Gasteiger partial charge is 0.355 e. The average Bonchev–Trinajstić information content (AvgIpc) is 2.69. The third kappa shape index (κ3) is 6.33. The van der Waals surface area contributed by atoms with Crippen molar-refractivity contribution in [3.63, 3.8) is 0 Å². The minimum absolute atomic E-state index is 0.0416. The van der Waals surface area contributed by atoms with Gasteiger partial charge >= 0.3 is 6.18 Å². The maximum absolute atomic E-state index is 12.6. The number of carbonyl (C=O) groups is 1. The lowest BCUT2D eigenvalue weighted by atomic mass is 10.1. The molecule has 3 rings (SSSR count). The number of halogens is 4. The van der Waals surface area contributed by atoms with Gasteiger partial charge in [0.2, 0.25) is 5.91 Å². The van der Waals surface area contributed by atoms with Crippen molar-refractivity contribution >= 4 is 23.3 Å². The van der Waals surface area contributed by atoms with Gasteiger partial charge in [0.15, 0.2) is 0 Å². The van der Waals surface area contributed by atoms with E-state index in [9.17, 15) is 18.0 Å². The van der Waals surface area contributed by atoms with Gasteiger partial charge in [0.25, 0.3) is 0 Å². The number of nitrogens with one attached hydrogen (secondary N) is 1. The lowest BCUT2D eigenvalue weighted by Gasteiger charge is -2.35. The number of anilines is 1. The van der Waals surface area contributed by atoms with E-state index in [-0.39, 0.29) is 5.91 Å². The minimum Gasteiger partial charge on any atom is -0.355 e. The number of amides is 1. The molecule has 2 aromatic rings. The topological polar surface area (TPSA) is 48.5 Å². The van der Waals surface area contributed by atoms with Crippen LogP contribution in [-0.2, 0) is 17.4 Å². The van der Waals surface area contributed by atoms with E-state index in [1.54, 1.807) is 0 Å². The van der Waals surface area contributed by atoms with Crippen LogP contribution < -0.4 is 10.2 Å². The highest BCUT2D eigenvalue weighted by Crippen LogP contribution is 2.29. The van der Waals surface area contributed by atoms with Crippen LogP contribution in [0.5, 0.6) is 0 Å². The molecule has 1 aromatic heterocycles. The quantitative estimate of drug-likeness (QED) is 0.770. The first-order valence-corrected chi connectivity index (χ1v) is 9.71. The Morgan fingerprint density at radius 2 is 1.76 bits per heavy atom. The molecule has 5 nitrogen and oxygen atoms in total. The molecule has 1 saturated heterocycles. The van der Waals surface area contributed by atoms with Crippen LogP contribution in [0.15, 0.2) is 42.6 Å². The molecule has 1 aliphatic rings. The van der Waals surface area contributed by atoms with Gasteiger partial charge in [-0.2, -0.15) is 13.2 Å². The summed E-state index contributed by atoms with van der Waals surface area (Å²) in [6.45, 7) is 3.36. The third-order valence-corrected chi connectivity index (χ3v) is 5.04. The second kappa shape index (κ2) is 9.45. The fraction of sp³-hybridized carbons (Fsp3) is 0.400. The van der Waals surface area contributed by atoms with E-state index in [0.29, 0.717) is 50.1 Å². The molecule has 29 heavy (non-hydrogen) atoms. The summed E-state index contributed by atoms with van der Waals surface area (Å²) in [5.41, 5.74) is 0.350. The fourth-order valence-corrected chi connectivity index (χ4v) is 3.26. The van der Waals surface area contributed by atoms with Gasteiger partial charge in [-0.15, -0.1) is 0 Å². The monoisotopic (exact) mass is 426 g/mol. The average molecular weight is 427 g/mol. The molecule has 0 spiro atoms. The normalized spacial score (nSPS) is 15.4. The summed E-state index contributed by atoms with van der Waals surface area (Å²) in [6, 6.07) is 9.95. The van der Waals surface area contributed by atoms with Crippen LogP contribution in [0.2, 0.25) is 5.02 Å². The lowest BCUT2D eigenvalue weighted by Crippen LogP contribution is -2.49. The predicted octanol–water partition coefficient (Wildman–Crippen LogP) is 3.23. The Kier molecular flexibility index (Phi) is 6.97. The number of benzene rings is 1. The number of carbonyl (C=O) groups excluding carboxylic acids is 1. The number of hydrogen-bond donors (Lipinski definition) is 1. The van der Waals surface area contributed by atoms with Crippen molar-refractivity contribution in [2.75, 3.05) is 44.2 Å². The van der Waals surface area contributed by atoms with Crippen LogP contribution in [0.1, 0.15) is 11.1 Å². The van der Waals surface area contributed by atoms with Crippen LogP contribution >= 0.6 is 11.6 Å². The number of alkyl halides is 3. The molecule has 0 atom stereocenters. The van der Waals surface area contributed by atoms with Gasteiger partial charge in [-0.05, 0) is 36.2 Å². The Hall–Kier alpha value is -2.32. The van der Waals surface area contributed by atoms with Crippen LogP contribution in [0.25, 0.3) is 0 Å². The molecular weight excluding hydrogens is 405 g/mol. The SMILES string of the molecule is O=C(CN1CCN(c2ccc(C(F)(F)F)cn2)CC1)NCCc1ccc(Cl)cc1. The molecule has 9 heteroatoms. The van der Waals surface area contributed by atoms with E-state index < -0.39 is 11.7 Å². The standard InChI is InChI=1S/C20H22ClF3N4O/c21-17-4-1-15(2-5-17)7-8-25-19(29)14-27-9-11-28(12-10-27)18-6-3-16(13-26-18)20(22,23)24/h1-6,13H,7-12,14H2,(H,25,29). The first-order valence-electron chi connectivity index (χ1n) is 9.33. The first kappa shape index (κ1) is 21.4. The molecule has 1 aromatic carbocycles. The van der Waals surface area contributed by atoms with Crippen molar-refractivity contribution in [1.29, 1.82) is 0 Å². The van der Waals surface area contributed by atoms with E-state index >= 15 is 0 Å². The Labute approximate surface area is 172 Å². The number of pyridine rings is 1. The number of aromatic nitrogens is 1. The second-order valence-electron chi connectivity index (χ2n) is 6.89. The van der Waals surface area contributed by atoms with Crippen LogP contribution in [-0.4, -0.2) is 55.1 Å². The van der Waals surface area contributed by atoms with E-state index in [1.165, 1.54) is 6.07 Å². The van der Waals surface area contributed by atoms with Crippen molar-refractivity contribution < 1.29 is 18.0 Å². The number of piperazine rings is 1. The van der Waals surface area contributed by atoms with Gasteiger partial charge in [-0.1, -0.05) is 23.7 Å². The summed E-state index contributed by atoms with van der Waals surface area (Å²) < 4.78 is 37.9. The van der Waals surface area contributed by atoms with Gasteiger partial charge in [0.05, 0.1) is 12.1 Å².